The lowest BCUT2D eigenvalue weighted by Gasteiger charge is -2.11. The van der Waals surface area contributed by atoms with Crippen molar-refractivity contribution in [3.05, 3.63) is 65.8 Å². The molecule has 0 saturated carbocycles. The van der Waals surface area contributed by atoms with E-state index in [0.717, 1.165) is 39.2 Å². The molecule has 148 valence electrons. The Morgan fingerprint density at radius 3 is 2.59 bits per heavy atom. The van der Waals surface area contributed by atoms with Crippen molar-refractivity contribution in [3.63, 3.8) is 0 Å². The lowest BCUT2D eigenvalue weighted by atomic mass is 10.1. The number of hydrogen-bond donors (Lipinski definition) is 1. The molecule has 0 atom stereocenters. The zero-order chi connectivity index (χ0) is 20.4. The molecule has 4 nitrogen and oxygen atoms in total. The molecule has 2 aromatic heterocycles. The number of alkyl halides is 3. The van der Waals surface area contributed by atoms with Gasteiger partial charge in [-0.1, -0.05) is 18.2 Å². The molecule has 0 bridgehead atoms. The summed E-state index contributed by atoms with van der Waals surface area (Å²) < 4.78 is 44.5. The number of ether oxygens (including phenoxy) is 1. The summed E-state index contributed by atoms with van der Waals surface area (Å²) in [5.74, 6) is 1.23. The highest BCUT2D eigenvalue weighted by atomic mass is 32.1. The van der Waals surface area contributed by atoms with E-state index in [9.17, 15) is 13.2 Å². The molecule has 0 saturated heterocycles. The number of anilines is 2. The van der Waals surface area contributed by atoms with Crippen molar-refractivity contribution in [3.8, 4) is 16.9 Å². The van der Waals surface area contributed by atoms with Gasteiger partial charge in [0.25, 0.3) is 0 Å². The van der Waals surface area contributed by atoms with Gasteiger partial charge in [-0.3, -0.25) is 0 Å². The molecule has 4 aromatic rings. The molecule has 0 spiro atoms. The van der Waals surface area contributed by atoms with Gasteiger partial charge in [0.2, 0.25) is 0 Å². The Bertz CT molecular complexity index is 1140. The number of benzene rings is 2. The van der Waals surface area contributed by atoms with Crippen LogP contribution in [0.3, 0.4) is 0 Å². The molecule has 2 aromatic carbocycles. The quantitative estimate of drug-likeness (QED) is 0.403. The molecule has 4 rings (SSSR count). The smallest absolute Gasteiger partial charge is 0.416 e. The first-order chi connectivity index (χ1) is 14.0. The molecular formula is C21H16F3N3OS. The molecular weight excluding hydrogens is 399 g/mol. The monoisotopic (exact) mass is 415 g/mol. The standard InChI is InChI=1S/C21H16F3N3OS/c1-2-28-16-8-6-13(7-9-16)17-11-29-20-18(17)19(25-12-26-20)27-15-5-3-4-14(10-15)21(22,23)24/h3-12H,2H2,1H3,(H,25,26,27). The summed E-state index contributed by atoms with van der Waals surface area (Å²) in [6.07, 6.45) is -3.01. The molecule has 29 heavy (non-hydrogen) atoms. The van der Waals surface area contributed by atoms with Crippen molar-refractivity contribution in [1.29, 1.82) is 0 Å². The minimum Gasteiger partial charge on any atom is -0.494 e. The van der Waals surface area contributed by atoms with Gasteiger partial charge in [-0.15, -0.1) is 11.3 Å². The van der Waals surface area contributed by atoms with Gasteiger partial charge in [0.05, 0.1) is 17.6 Å². The largest absolute Gasteiger partial charge is 0.494 e. The number of hydrogen-bond acceptors (Lipinski definition) is 5. The van der Waals surface area contributed by atoms with Gasteiger partial charge in [-0.25, -0.2) is 9.97 Å². The summed E-state index contributed by atoms with van der Waals surface area (Å²) >= 11 is 1.45. The summed E-state index contributed by atoms with van der Waals surface area (Å²) in [6, 6.07) is 12.7. The minimum absolute atomic E-state index is 0.309. The van der Waals surface area contributed by atoms with E-state index in [-0.39, 0.29) is 0 Å². The molecule has 8 heteroatoms. The first-order valence-corrected chi connectivity index (χ1v) is 9.73. The lowest BCUT2D eigenvalue weighted by Crippen LogP contribution is -2.05. The Balaban J connectivity index is 1.74. The van der Waals surface area contributed by atoms with E-state index in [4.69, 9.17) is 4.74 Å². The fourth-order valence-electron chi connectivity index (χ4n) is 2.99. The Hall–Kier alpha value is -3.13. The SMILES string of the molecule is CCOc1ccc(-c2csc3ncnc(Nc4cccc(C(F)(F)F)c4)c23)cc1. The topological polar surface area (TPSA) is 47.0 Å². The lowest BCUT2D eigenvalue weighted by molar-refractivity contribution is -0.137. The van der Waals surface area contributed by atoms with Gasteiger partial charge in [-0.05, 0) is 42.8 Å². The van der Waals surface area contributed by atoms with Crippen LogP contribution >= 0.6 is 11.3 Å². The maximum atomic E-state index is 13.0. The molecule has 0 aliphatic rings. The van der Waals surface area contributed by atoms with E-state index in [1.54, 1.807) is 6.07 Å². The van der Waals surface area contributed by atoms with Crippen LogP contribution in [-0.2, 0) is 6.18 Å². The molecule has 0 amide bonds. The second-order valence-corrected chi connectivity index (χ2v) is 7.07. The van der Waals surface area contributed by atoms with Crippen LogP contribution in [-0.4, -0.2) is 16.6 Å². The number of nitrogens with one attached hydrogen (secondary N) is 1. The van der Waals surface area contributed by atoms with Crippen LogP contribution < -0.4 is 10.1 Å². The molecule has 0 radical (unpaired) electrons. The predicted molar refractivity (Wildman–Crippen MR) is 109 cm³/mol. The molecule has 0 unspecified atom stereocenters. The van der Waals surface area contributed by atoms with Crippen LogP contribution in [0.4, 0.5) is 24.7 Å². The van der Waals surface area contributed by atoms with Crippen molar-refractivity contribution in [2.24, 2.45) is 0 Å². The van der Waals surface area contributed by atoms with Crippen molar-refractivity contribution in [2.45, 2.75) is 13.1 Å². The van der Waals surface area contributed by atoms with E-state index in [0.29, 0.717) is 18.1 Å². The van der Waals surface area contributed by atoms with Gasteiger partial charge in [-0.2, -0.15) is 13.2 Å². The second kappa shape index (κ2) is 7.71. The Labute approximate surface area is 169 Å². The number of nitrogens with zero attached hydrogens (tertiary/aromatic N) is 2. The highest BCUT2D eigenvalue weighted by Crippen LogP contribution is 2.38. The van der Waals surface area contributed by atoms with Gasteiger partial charge >= 0.3 is 6.18 Å². The van der Waals surface area contributed by atoms with E-state index >= 15 is 0 Å². The Morgan fingerprint density at radius 2 is 1.86 bits per heavy atom. The number of aromatic nitrogens is 2. The maximum absolute atomic E-state index is 13.0. The minimum atomic E-state index is -4.41. The first-order valence-electron chi connectivity index (χ1n) is 8.85. The van der Waals surface area contributed by atoms with Crippen LogP contribution in [0.2, 0.25) is 0 Å². The maximum Gasteiger partial charge on any atom is 0.416 e. The first kappa shape index (κ1) is 19.2. The normalized spacial score (nSPS) is 11.6. The summed E-state index contributed by atoms with van der Waals surface area (Å²) in [5, 5.41) is 5.75. The van der Waals surface area contributed by atoms with Crippen LogP contribution in [0.1, 0.15) is 12.5 Å². The summed E-state index contributed by atoms with van der Waals surface area (Å²) in [5.41, 5.74) is 1.44. The van der Waals surface area contributed by atoms with Crippen LogP contribution in [0.15, 0.2) is 60.2 Å². The van der Waals surface area contributed by atoms with Crippen LogP contribution in [0, 0.1) is 0 Å². The highest BCUT2D eigenvalue weighted by molar-refractivity contribution is 7.17. The number of rotatable bonds is 5. The van der Waals surface area contributed by atoms with E-state index in [2.05, 4.69) is 15.3 Å². The van der Waals surface area contributed by atoms with Crippen LogP contribution in [0.5, 0.6) is 5.75 Å². The van der Waals surface area contributed by atoms with Crippen molar-refractivity contribution < 1.29 is 17.9 Å². The number of fused-ring (bicyclic) bond motifs is 1. The van der Waals surface area contributed by atoms with E-state index in [1.807, 2.05) is 36.6 Å². The van der Waals surface area contributed by atoms with E-state index < -0.39 is 11.7 Å². The van der Waals surface area contributed by atoms with Gasteiger partial charge < -0.3 is 10.1 Å². The average Bonchev–Trinajstić information content (AvgIpc) is 3.14. The molecule has 0 aliphatic heterocycles. The number of halogens is 3. The van der Waals surface area contributed by atoms with Gasteiger partial charge in [0.1, 0.15) is 22.7 Å². The predicted octanol–water partition coefficient (Wildman–Crippen LogP) is 6.52. The highest BCUT2D eigenvalue weighted by Gasteiger charge is 2.30. The summed E-state index contributed by atoms with van der Waals surface area (Å²) in [6.45, 7) is 2.50. The Kier molecular flexibility index (Phi) is 5.10. The zero-order valence-corrected chi connectivity index (χ0v) is 16.1. The number of thiophene rings is 1. The van der Waals surface area contributed by atoms with E-state index in [1.165, 1.54) is 23.7 Å². The third kappa shape index (κ3) is 4.02. The molecule has 0 aliphatic carbocycles. The fraction of sp³-hybridized carbons (Fsp3) is 0.143. The van der Waals surface area contributed by atoms with Crippen molar-refractivity contribution in [2.75, 3.05) is 11.9 Å². The molecule has 1 N–H and O–H groups in total. The fourth-order valence-corrected chi connectivity index (χ4v) is 3.91. The third-order valence-corrected chi connectivity index (χ3v) is 5.19. The average molecular weight is 415 g/mol. The van der Waals surface area contributed by atoms with Gasteiger partial charge in [0, 0.05) is 16.6 Å². The Morgan fingerprint density at radius 1 is 1.07 bits per heavy atom. The molecule has 0 fully saturated rings. The zero-order valence-electron chi connectivity index (χ0n) is 15.3. The molecule has 2 heterocycles. The third-order valence-electron chi connectivity index (χ3n) is 4.30. The van der Waals surface area contributed by atoms with Crippen molar-refractivity contribution >= 4 is 33.1 Å². The van der Waals surface area contributed by atoms with Gasteiger partial charge in [0.15, 0.2) is 0 Å². The summed E-state index contributed by atoms with van der Waals surface area (Å²) in [4.78, 5) is 9.32. The second-order valence-electron chi connectivity index (χ2n) is 6.21. The summed E-state index contributed by atoms with van der Waals surface area (Å²) in [7, 11) is 0. The van der Waals surface area contributed by atoms with Crippen molar-refractivity contribution in [1.82, 2.24) is 9.97 Å². The van der Waals surface area contributed by atoms with Crippen LogP contribution in [0.25, 0.3) is 21.3 Å².